The maximum absolute atomic E-state index is 12.7. The number of anilines is 1. The summed E-state index contributed by atoms with van der Waals surface area (Å²) in [5.41, 5.74) is 2.67. The van der Waals surface area contributed by atoms with Crippen molar-refractivity contribution in [3.05, 3.63) is 59.1 Å². The number of amides is 1. The van der Waals surface area contributed by atoms with Crippen molar-refractivity contribution >= 4 is 33.0 Å². The molecule has 0 radical (unpaired) electrons. The number of nitrogens with one attached hydrogen (secondary N) is 1. The monoisotopic (exact) mass is 445 g/mol. The van der Waals surface area contributed by atoms with Crippen molar-refractivity contribution < 1.29 is 17.9 Å². The van der Waals surface area contributed by atoms with Crippen molar-refractivity contribution in [2.24, 2.45) is 0 Å². The lowest BCUT2D eigenvalue weighted by Gasteiger charge is -2.14. The highest BCUT2D eigenvalue weighted by molar-refractivity contribution is 7.89. The minimum Gasteiger partial charge on any atom is -0.495 e. The van der Waals surface area contributed by atoms with Crippen molar-refractivity contribution in [2.75, 3.05) is 26.5 Å². The summed E-state index contributed by atoms with van der Waals surface area (Å²) in [5, 5.41) is 5.12. The number of aryl methyl sites for hydroxylation is 1. The van der Waals surface area contributed by atoms with Crippen LogP contribution in [0.25, 0.3) is 10.6 Å². The van der Waals surface area contributed by atoms with Crippen LogP contribution in [0.2, 0.25) is 0 Å². The Hall–Kier alpha value is -2.75. The Morgan fingerprint density at radius 2 is 1.87 bits per heavy atom. The van der Waals surface area contributed by atoms with Crippen LogP contribution in [0.3, 0.4) is 0 Å². The van der Waals surface area contributed by atoms with Gasteiger partial charge in [0.15, 0.2) is 0 Å². The zero-order chi connectivity index (χ0) is 21.9. The average Bonchev–Trinajstić information content (AvgIpc) is 3.24. The van der Waals surface area contributed by atoms with E-state index in [1.54, 1.807) is 5.38 Å². The summed E-state index contributed by atoms with van der Waals surface area (Å²) >= 11 is 1.37. The zero-order valence-electron chi connectivity index (χ0n) is 17.2. The van der Waals surface area contributed by atoms with Gasteiger partial charge in [-0.05, 0) is 30.2 Å². The molecule has 7 nitrogen and oxygen atoms in total. The molecule has 0 fully saturated rings. The molecule has 0 aliphatic rings. The molecule has 0 saturated heterocycles. The van der Waals surface area contributed by atoms with Gasteiger partial charge in [-0.2, -0.15) is 0 Å². The molecule has 1 heterocycles. The highest BCUT2D eigenvalue weighted by Crippen LogP contribution is 2.30. The number of thiazole rings is 1. The van der Waals surface area contributed by atoms with Crippen LogP contribution in [0.15, 0.2) is 52.7 Å². The fraction of sp³-hybridized carbons (Fsp3) is 0.238. The molecule has 1 aromatic heterocycles. The quantitative estimate of drug-likeness (QED) is 0.596. The van der Waals surface area contributed by atoms with Crippen LogP contribution in [-0.4, -0.2) is 44.8 Å². The molecule has 0 spiro atoms. The second-order valence-corrected chi connectivity index (χ2v) is 9.70. The van der Waals surface area contributed by atoms with Crippen molar-refractivity contribution in [3.8, 4) is 16.3 Å². The summed E-state index contributed by atoms with van der Waals surface area (Å²) in [6, 6.07) is 12.4. The van der Waals surface area contributed by atoms with Gasteiger partial charge < -0.3 is 10.1 Å². The minimum atomic E-state index is -3.65. The maximum atomic E-state index is 12.7. The highest BCUT2D eigenvalue weighted by Gasteiger charge is 2.21. The van der Waals surface area contributed by atoms with E-state index in [1.165, 1.54) is 56.3 Å². The first kappa shape index (κ1) is 21.9. The Kier molecular flexibility index (Phi) is 6.55. The number of sulfonamides is 1. The largest absolute Gasteiger partial charge is 0.495 e. The Labute approximate surface area is 180 Å². The molecule has 1 N–H and O–H groups in total. The number of hydrogen-bond donors (Lipinski definition) is 1. The van der Waals surface area contributed by atoms with Crippen LogP contribution >= 0.6 is 11.3 Å². The molecule has 158 valence electrons. The van der Waals surface area contributed by atoms with E-state index < -0.39 is 15.9 Å². The van der Waals surface area contributed by atoms with E-state index in [1.807, 2.05) is 24.3 Å². The smallest absolute Gasteiger partial charge is 0.275 e. The van der Waals surface area contributed by atoms with Gasteiger partial charge in [-0.25, -0.2) is 17.7 Å². The molecule has 30 heavy (non-hydrogen) atoms. The fourth-order valence-electron chi connectivity index (χ4n) is 2.74. The number of rotatable bonds is 7. The SMILES string of the molecule is CCc1ccc(-c2nc(C(=O)Nc3cc(S(=O)(=O)N(C)C)ccc3OC)cs2)cc1. The van der Waals surface area contributed by atoms with E-state index >= 15 is 0 Å². The van der Waals surface area contributed by atoms with Crippen molar-refractivity contribution in [3.63, 3.8) is 0 Å². The van der Waals surface area contributed by atoms with Gasteiger partial charge in [-0.1, -0.05) is 31.2 Å². The summed E-state index contributed by atoms with van der Waals surface area (Å²) in [4.78, 5) is 17.2. The third-order valence-corrected chi connectivity index (χ3v) is 7.25. The molecule has 0 atom stereocenters. The van der Waals surface area contributed by atoms with Gasteiger partial charge in [0, 0.05) is 25.0 Å². The lowest BCUT2D eigenvalue weighted by atomic mass is 10.1. The fourth-order valence-corrected chi connectivity index (χ4v) is 4.47. The molecule has 0 aliphatic carbocycles. The predicted octanol–water partition coefficient (Wildman–Crippen LogP) is 3.88. The molecule has 3 aromatic rings. The lowest BCUT2D eigenvalue weighted by Crippen LogP contribution is -2.22. The summed E-state index contributed by atoms with van der Waals surface area (Å²) in [6.45, 7) is 2.09. The summed E-state index contributed by atoms with van der Waals surface area (Å²) < 4.78 is 31.2. The third kappa shape index (κ3) is 4.53. The topological polar surface area (TPSA) is 88.6 Å². The molecular formula is C21H23N3O4S2. The maximum Gasteiger partial charge on any atom is 0.275 e. The number of methoxy groups -OCH3 is 1. The van der Waals surface area contributed by atoms with Crippen molar-refractivity contribution in [1.29, 1.82) is 0 Å². The Morgan fingerprint density at radius 3 is 2.47 bits per heavy atom. The lowest BCUT2D eigenvalue weighted by molar-refractivity contribution is 0.102. The average molecular weight is 446 g/mol. The number of carbonyl (C=O) groups is 1. The molecule has 3 rings (SSSR count). The standard InChI is InChI=1S/C21H23N3O4S2/c1-5-14-6-8-15(9-7-14)21-23-18(13-29-21)20(25)22-17-12-16(10-11-19(17)28-4)30(26,27)24(2)3/h6-13H,5H2,1-4H3,(H,22,25). The second-order valence-electron chi connectivity index (χ2n) is 6.69. The Morgan fingerprint density at radius 1 is 1.17 bits per heavy atom. The van der Waals surface area contributed by atoms with Crippen molar-refractivity contribution in [2.45, 2.75) is 18.2 Å². The van der Waals surface area contributed by atoms with E-state index in [2.05, 4.69) is 17.2 Å². The van der Waals surface area contributed by atoms with Gasteiger partial charge in [-0.15, -0.1) is 11.3 Å². The van der Waals surface area contributed by atoms with Crippen LogP contribution in [-0.2, 0) is 16.4 Å². The summed E-state index contributed by atoms with van der Waals surface area (Å²) in [7, 11) is 0.693. The summed E-state index contributed by atoms with van der Waals surface area (Å²) in [6.07, 6.45) is 0.955. The number of nitrogens with zero attached hydrogens (tertiary/aromatic N) is 2. The van der Waals surface area contributed by atoms with Gasteiger partial charge in [0.1, 0.15) is 16.5 Å². The van der Waals surface area contributed by atoms with Gasteiger partial charge >= 0.3 is 0 Å². The van der Waals surface area contributed by atoms with Crippen LogP contribution in [0.1, 0.15) is 23.0 Å². The van der Waals surface area contributed by atoms with Crippen LogP contribution in [0, 0.1) is 0 Å². The number of aromatic nitrogens is 1. The van der Waals surface area contributed by atoms with E-state index in [4.69, 9.17) is 4.74 Å². The van der Waals surface area contributed by atoms with E-state index in [-0.39, 0.29) is 16.3 Å². The first-order valence-electron chi connectivity index (χ1n) is 9.23. The Balaban J connectivity index is 1.86. The van der Waals surface area contributed by atoms with Crippen LogP contribution in [0.4, 0.5) is 5.69 Å². The van der Waals surface area contributed by atoms with Crippen LogP contribution in [0.5, 0.6) is 5.75 Å². The number of ether oxygens (including phenoxy) is 1. The number of carbonyl (C=O) groups excluding carboxylic acids is 1. The highest BCUT2D eigenvalue weighted by atomic mass is 32.2. The molecule has 2 aromatic carbocycles. The summed E-state index contributed by atoms with van der Waals surface area (Å²) in [5.74, 6) is -0.0907. The van der Waals surface area contributed by atoms with Crippen LogP contribution < -0.4 is 10.1 Å². The Bertz CT molecular complexity index is 1150. The van der Waals surface area contributed by atoms with Gasteiger partial charge in [0.05, 0.1) is 17.7 Å². The molecule has 0 unspecified atom stereocenters. The third-order valence-electron chi connectivity index (χ3n) is 4.54. The predicted molar refractivity (Wildman–Crippen MR) is 119 cm³/mol. The number of hydrogen-bond acceptors (Lipinski definition) is 6. The van der Waals surface area contributed by atoms with Gasteiger partial charge in [0.25, 0.3) is 5.91 Å². The molecule has 0 bridgehead atoms. The molecule has 0 saturated carbocycles. The van der Waals surface area contributed by atoms with E-state index in [0.29, 0.717) is 5.75 Å². The molecule has 1 amide bonds. The van der Waals surface area contributed by atoms with Gasteiger partial charge in [0.2, 0.25) is 10.0 Å². The normalized spacial score (nSPS) is 11.5. The molecular weight excluding hydrogens is 422 g/mol. The minimum absolute atomic E-state index is 0.0542. The van der Waals surface area contributed by atoms with Gasteiger partial charge in [-0.3, -0.25) is 4.79 Å². The van der Waals surface area contributed by atoms with E-state index in [0.717, 1.165) is 21.3 Å². The first-order chi connectivity index (χ1) is 14.3. The number of benzene rings is 2. The first-order valence-corrected chi connectivity index (χ1v) is 11.5. The van der Waals surface area contributed by atoms with E-state index in [9.17, 15) is 13.2 Å². The van der Waals surface area contributed by atoms with Crippen molar-refractivity contribution in [1.82, 2.24) is 9.29 Å². The molecule has 0 aliphatic heterocycles. The zero-order valence-corrected chi connectivity index (χ0v) is 18.8. The second kappa shape index (κ2) is 8.95. The molecule has 9 heteroatoms.